The Labute approximate surface area is 63.2 Å². The van der Waals surface area contributed by atoms with Gasteiger partial charge in [0, 0.05) is 6.42 Å². The molecule has 0 bridgehead atoms. The Balaban J connectivity index is 2.51. The van der Waals surface area contributed by atoms with Crippen molar-refractivity contribution in [1.29, 1.82) is 0 Å². The third-order valence-corrected chi connectivity index (χ3v) is 1.64. The van der Waals surface area contributed by atoms with Crippen LogP contribution >= 0.6 is 0 Å². The lowest BCUT2D eigenvalue weighted by Crippen LogP contribution is -2.30. The van der Waals surface area contributed by atoms with Crippen molar-refractivity contribution in [1.82, 2.24) is 0 Å². The first-order valence-corrected chi connectivity index (χ1v) is 3.32. The molecule has 64 valence electrons. The van der Waals surface area contributed by atoms with E-state index in [0.29, 0.717) is 0 Å². The first-order chi connectivity index (χ1) is 5.15. The Morgan fingerprint density at radius 2 is 2.27 bits per heavy atom. The van der Waals surface area contributed by atoms with Gasteiger partial charge in [0.15, 0.2) is 6.10 Å². The second kappa shape index (κ2) is 3.17. The van der Waals surface area contributed by atoms with E-state index in [-0.39, 0.29) is 13.0 Å². The summed E-state index contributed by atoms with van der Waals surface area (Å²) in [4.78, 5) is 10.3. The molecular formula is C6H10O5. The van der Waals surface area contributed by atoms with Crippen molar-refractivity contribution in [3.05, 3.63) is 0 Å². The topological polar surface area (TPSA) is 87.0 Å². The Hall–Kier alpha value is -0.650. The zero-order chi connectivity index (χ0) is 8.43. The third kappa shape index (κ3) is 1.68. The summed E-state index contributed by atoms with van der Waals surface area (Å²) in [5, 5.41) is 26.0. The first-order valence-electron chi connectivity index (χ1n) is 3.32. The van der Waals surface area contributed by atoms with Crippen molar-refractivity contribution in [2.24, 2.45) is 0 Å². The number of aliphatic carboxylic acids is 1. The molecule has 0 aromatic heterocycles. The molecule has 0 aromatic carbocycles. The number of hydrogen-bond acceptors (Lipinski definition) is 4. The smallest absolute Gasteiger partial charge is 0.335 e. The minimum Gasteiger partial charge on any atom is -0.479 e. The maximum Gasteiger partial charge on any atom is 0.335 e. The van der Waals surface area contributed by atoms with E-state index in [1.807, 2.05) is 0 Å². The molecule has 1 saturated heterocycles. The molecule has 1 heterocycles. The summed E-state index contributed by atoms with van der Waals surface area (Å²) >= 11 is 0. The van der Waals surface area contributed by atoms with Crippen LogP contribution in [-0.2, 0) is 9.53 Å². The Morgan fingerprint density at radius 3 is 2.55 bits per heavy atom. The first kappa shape index (κ1) is 8.45. The van der Waals surface area contributed by atoms with Crippen LogP contribution in [0, 0.1) is 0 Å². The molecule has 1 aliphatic rings. The highest BCUT2D eigenvalue weighted by molar-refractivity contribution is 5.73. The summed E-state index contributed by atoms with van der Waals surface area (Å²) in [5.41, 5.74) is 0. The summed E-state index contributed by atoms with van der Waals surface area (Å²) in [6, 6.07) is 0. The molecule has 1 fully saturated rings. The van der Waals surface area contributed by atoms with Gasteiger partial charge in [-0.1, -0.05) is 0 Å². The van der Waals surface area contributed by atoms with Gasteiger partial charge in [0.25, 0.3) is 0 Å². The predicted molar refractivity (Wildman–Crippen MR) is 34.0 cm³/mol. The number of carboxylic acids is 1. The number of ether oxygens (including phenoxy) is 1. The highest BCUT2D eigenvalue weighted by atomic mass is 16.6. The SMILES string of the molecule is O=C(O)[C@@H]1O[C@H](CO)C[C@H]1O. The van der Waals surface area contributed by atoms with E-state index in [0.717, 1.165) is 0 Å². The summed E-state index contributed by atoms with van der Waals surface area (Å²) in [7, 11) is 0. The molecule has 3 atom stereocenters. The van der Waals surface area contributed by atoms with Gasteiger partial charge in [-0.25, -0.2) is 4.79 Å². The van der Waals surface area contributed by atoms with Crippen LogP contribution < -0.4 is 0 Å². The highest BCUT2D eigenvalue weighted by Crippen LogP contribution is 2.19. The van der Waals surface area contributed by atoms with Crippen molar-refractivity contribution in [3.63, 3.8) is 0 Å². The lowest BCUT2D eigenvalue weighted by Gasteiger charge is -2.07. The van der Waals surface area contributed by atoms with Gasteiger partial charge in [0.05, 0.1) is 18.8 Å². The van der Waals surface area contributed by atoms with E-state index in [1.165, 1.54) is 0 Å². The van der Waals surface area contributed by atoms with Crippen LogP contribution in [0.15, 0.2) is 0 Å². The van der Waals surface area contributed by atoms with Gasteiger partial charge >= 0.3 is 5.97 Å². The summed E-state index contributed by atoms with van der Waals surface area (Å²) < 4.78 is 4.78. The maximum atomic E-state index is 10.3. The van der Waals surface area contributed by atoms with Crippen LogP contribution in [0.1, 0.15) is 6.42 Å². The van der Waals surface area contributed by atoms with Crippen molar-refractivity contribution in [2.75, 3.05) is 6.61 Å². The molecule has 5 nitrogen and oxygen atoms in total. The van der Waals surface area contributed by atoms with Crippen LogP contribution in [-0.4, -0.2) is 46.2 Å². The minimum absolute atomic E-state index is 0.188. The maximum absolute atomic E-state index is 10.3. The number of carboxylic acid groups (broad SMARTS) is 1. The van der Waals surface area contributed by atoms with Gasteiger partial charge in [-0.3, -0.25) is 0 Å². The quantitative estimate of drug-likeness (QED) is 0.464. The second-order valence-electron chi connectivity index (χ2n) is 2.50. The summed E-state index contributed by atoms with van der Waals surface area (Å²) in [5.74, 6) is -1.19. The Morgan fingerprint density at radius 1 is 1.64 bits per heavy atom. The molecule has 0 amide bonds. The lowest BCUT2D eigenvalue weighted by molar-refractivity contribution is -0.153. The van der Waals surface area contributed by atoms with E-state index in [9.17, 15) is 4.79 Å². The monoisotopic (exact) mass is 162 g/mol. The molecule has 0 unspecified atom stereocenters. The summed E-state index contributed by atoms with van der Waals surface area (Å²) in [6.45, 7) is -0.249. The molecule has 1 rings (SSSR count). The van der Waals surface area contributed by atoms with Crippen molar-refractivity contribution in [3.8, 4) is 0 Å². The zero-order valence-electron chi connectivity index (χ0n) is 5.80. The molecule has 0 spiro atoms. The number of hydrogen-bond donors (Lipinski definition) is 3. The van der Waals surface area contributed by atoms with E-state index < -0.39 is 24.3 Å². The largest absolute Gasteiger partial charge is 0.479 e. The molecular weight excluding hydrogens is 152 g/mol. The van der Waals surface area contributed by atoms with Gasteiger partial charge in [-0.15, -0.1) is 0 Å². The summed E-state index contributed by atoms with van der Waals surface area (Å²) in [6.07, 6.45) is -2.52. The average Bonchev–Trinajstić information content (AvgIpc) is 2.30. The Kier molecular flexibility index (Phi) is 2.43. The van der Waals surface area contributed by atoms with E-state index in [2.05, 4.69) is 0 Å². The van der Waals surface area contributed by atoms with Gasteiger partial charge < -0.3 is 20.1 Å². The van der Waals surface area contributed by atoms with Gasteiger partial charge in [-0.2, -0.15) is 0 Å². The lowest BCUT2D eigenvalue weighted by atomic mass is 10.1. The fraction of sp³-hybridized carbons (Fsp3) is 0.833. The van der Waals surface area contributed by atoms with Crippen LogP contribution in [0.4, 0.5) is 0 Å². The van der Waals surface area contributed by atoms with Gasteiger partial charge in [-0.05, 0) is 0 Å². The molecule has 3 N–H and O–H groups in total. The molecule has 5 heteroatoms. The second-order valence-corrected chi connectivity index (χ2v) is 2.50. The van der Waals surface area contributed by atoms with Gasteiger partial charge in [0.1, 0.15) is 0 Å². The molecule has 0 saturated carbocycles. The van der Waals surface area contributed by atoms with E-state index >= 15 is 0 Å². The zero-order valence-corrected chi connectivity index (χ0v) is 5.80. The van der Waals surface area contributed by atoms with Crippen molar-refractivity contribution >= 4 is 5.97 Å². The predicted octanol–water partition coefficient (Wildman–Crippen LogP) is -1.42. The van der Waals surface area contributed by atoms with Crippen LogP contribution in [0.25, 0.3) is 0 Å². The van der Waals surface area contributed by atoms with Crippen LogP contribution in [0.2, 0.25) is 0 Å². The fourth-order valence-electron chi connectivity index (χ4n) is 1.09. The molecule has 0 aliphatic carbocycles. The molecule has 11 heavy (non-hydrogen) atoms. The third-order valence-electron chi connectivity index (χ3n) is 1.64. The van der Waals surface area contributed by atoms with Crippen molar-refractivity contribution in [2.45, 2.75) is 24.7 Å². The average molecular weight is 162 g/mol. The molecule has 1 aliphatic heterocycles. The number of rotatable bonds is 2. The van der Waals surface area contributed by atoms with E-state index in [4.69, 9.17) is 20.1 Å². The number of aliphatic hydroxyl groups excluding tert-OH is 2. The molecule has 0 aromatic rings. The number of carbonyl (C=O) groups is 1. The van der Waals surface area contributed by atoms with Crippen LogP contribution in [0.5, 0.6) is 0 Å². The fourth-order valence-corrected chi connectivity index (χ4v) is 1.09. The highest BCUT2D eigenvalue weighted by Gasteiger charge is 2.38. The van der Waals surface area contributed by atoms with Gasteiger partial charge in [0.2, 0.25) is 0 Å². The van der Waals surface area contributed by atoms with Crippen molar-refractivity contribution < 1.29 is 24.9 Å². The van der Waals surface area contributed by atoms with Crippen LogP contribution in [0.3, 0.4) is 0 Å². The Bertz CT molecular complexity index is 157. The minimum atomic E-state index is -1.19. The molecule has 0 radical (unpaired) electrons. The number of aliphatic hydroxyl groups is 2. The standard InChI is InChI=1S/C6H10O5/c7-2-3-1-4(8)5(11-3)6(9)10/h3-5,7-8H,1-2H2,(H,9,10)/t3-,4+,5+/m0/s1. The van der Waals surface area contributed by atoms with E-state index in [1.54, 1.807) is 0 Å². The normalized spacial score (nSPS) is 37.5.